The van der Waals surface area contributed by atoms with E-state index in [-0.39, 0.29) is 19.2 Å². The lowest BCUT2D eigenvalue weighted by Crippen LogP contribution is -2.41. The number of nitrogens with zero attached hydrogens (tertiary/aromatic N) is 1. The van der Waals surface area contributed by atoms with Gasteiger partial charge in [0.05, 0.1) is 13.7 Å². The predicted molar refractivity (Wildman–Crippen MR) is 131 cm³/mol. The van der Waals surface area contributed by atoms with Crippen LogP contribution in [0, 0.1) is 5.92 Å². The molecule has 0 amide bonds. The molecule has 0 saturated carbocycles. The second-order valence-corrected chi connectivity index (χ2v) is 8.48. The van der Waals surface area contributed by atoms with E-state index in [1.807, 2.05) is 18.2 Å². The number of rotatable bonds is 7. The van der Waals surface area contributed by atoms with E-state index < -0.39 is 0 Å². The van der Waals surface area contributed by atoms with Gasteiger partial charge in [-0.25, -0.2) is 0 Å². The molecular formula is C27H30ClNO4. The Balaban J connectivity index is 0.00000259. The summed E-state index contributed by atoms with van der Waals surface area (Å²) in [5.74, 6) is 4.06. The average Bonchev–Trinajstić information content (AvgIpc) is 2.85. The lowest BCUT2D eigenvalue weighted by molar-refractivity contribution is 0.0872. The summed E-state index contributed by atoms with van der Waals surface area (Å²) >= 11 is 0. The number of halogens is 1. The minimum absolute atomic E-state index is 0. The van der Waals surface area contributed by atoms with Gasteiger partial charge in [-0.05, 0) is 54.3 Å². The minimum atomic E-state index is 0. The molecule has 0 spiro atoms. The largest absolute Gasteiger partial charge is 0.497 e. The third kappa shape index (κ3) is 5.55. The number of hydrogen-bond donors (Lipinski definition) is 0. The van der Waals surface area contributed by atoms with Crippen LogP contribution in [-0.4, -0.2) is 38.5 Å². The standard InChI is InChI=1S/C27H29NO4.ClH/c1-29-23-9-7-21(8-10-23)25-13-14-28(16-20-5-3-2-4-6-20)17-22(25)18-30-26-12-11-24-15-27(26)32-19-31-24;/h2-12,15,22,25H,13-14,16-19H2,1H3;1H. The van der Waals surface area contributed by atoms with Crippen LogP contribution >= 0.6 is 12.4 Å². The Morgan fingerprint density at radius 2 is 1.79 bits per heavy atom. The van der Waals surface area contributed by atoms with Gasteiger partial charge in [-0.2, -0.15) is 0 Å². The van der Waals surface area contributed by atoms with Gasteiger partial charge in [0.15, 0.2) is 11.5 Å². The summed E-state index contributed by atoms with van der Waals surface area (Å²) in [4.78, 5) is 2.54. The highest BCUT2D eigenvalue weighted by molar-refractivity contribution is 5.85. The summed E-state index contributed by atoms with van der Waals surface area (Å²) in [6.45, 7) is 3.90. The zero-order chi connectivity index (χ0) is 21.8. The fourth-order valence-electron chi connectivity index (χ4n) is 4.72. The number of methoxy groups -OCH3 is 1. The van der Waals surface area contributed by atoms with Crippen LogP contribution in [0.2, 0.25) is 0 Å². The fraction of sp³-hybridized carbons (Fsp3) is 0.333. The normalized spacial score (nSPS) is 19.5. The Morgan fingerprint density at radius 3 is 2.58 bits per heavy atom. The van der Waals surface area contributed by atoms with Gasteiger partial charge in [0.1, 0.15) is 11.5 Å². The molecule has 2 aliphatic heterocycles. The molecule has 3 aromatic rings. The van der Waals surface area contributed by atoms with E-state index in [1.54, 1.807) is 7.11 Å². The predicted octanol–water partition coefficient (Wildman–Crippen LogP) is 5.53. The van der Waals surface area contributed by atoms with Crippen LogP contribution < -0.4 is 18.9 Å². The third-order valence-electron chi connectivity index (χ3n) is 6.42. The number of piperidine rings is 1. The van der Waals surface area contributed by atoms with Crippen molar-refractivity contribution in [3.63, 3.8) is 0 Å². The molecule has 1 fully saturated rings. The van der Waals surface area contributed by atoms with Crippen molar-refractivity contribution in [1.29, 1.82) is 0 Å². The van der Waals surface area contributed by atoms with Gasteiger partial charge in [-0.15, -0.1) is 12.4 Å². The number of likely N-dealkylation sites (tertiary alicyclic amines) is 1. The maximum atomic E-state index is 6.32. The smallest absolute Gasteiger partial charge is 0.231 e. The van der Waals surface area contributed by atoms with Crippen LogP contribution in [0.5, 0.6) is 23.0 Å². The third-order valence-corrected chi connectivity index (χ3v) is 6.42. The van der Waals surface area contributed by atoms with Crippen LogP contribution in [0.15, 0.2) is 72.8 Å². The summed E-state index contributed by atoms with van der Waals surface area (Å²) in [5.41, 5.74) is 2.70. The molecule has 3 aromatic carbocycles. The van der Waals surface area contributed by atoms with E-state index in [1.165, 1.54) is 11.1 Å². The van der Waals surface area contributed by atoms with Crippen molar-refractivity contribution in [3.8, 4) is 23.0 Å². The monoisotopic (exact) mass is 467 g/mol. The minimum Gasteiger partial charge on any atom is -0.497 e. The Hall–Kier alpha value is -2.89. The van der Waals surface area contributed by atoms with Crippen LogP contribution in [-0.2, 0) is 6.54 Å². The molecule has 2 unspecified atom stereocenters. The van der Waals surface area contributed by atoms with Crippen molar-refractivity contribution in [2.75, 3.05) is 33.6 Å². The molecular weight excluding hydrogens is 438 g/mol. The first-order valence-corrected chi connectivity index (χ1v) is 11.2. The molecule has 0 radical (unpaired) electrons. The fourth-order valence-corrected chi connectivity index (χ4v) is 4.72. The molecule has 5 rings (SSSR count). The van der Waals surface area contributed by atoms with E-state index in [4.69, 9.17) is 18.9 Å². The highest BCUT2D eigenvalue weighted by Crippen LogP contribution is 2.38. The number of hydrogen-bond acceptors (Lipinski definition) is 5. The zero-order valence-corrected chi connectivity index (χ0v) is 19.6. The van der Waals surface area contributed by atoms with Crippen LogP contribution in [0.4, 0.5) is 0 Å². The van der Waals surface area contributed by atoms with E-state index in [2.05, 4.69) is 59.5 Å². The summed E-state index contributed by atoms with van der Waals surface area (Å²) in [6, 6.07) is 25.0. The Morgan fingerprint density at radius 1 is 0.970 bits per heavy atom. The Kier molecular flexibility index (Phi) is 7.63. The summed E-state index contributed by atoms with van der Waals surface area (Å²) in [7, 11) is 1.71. The molecule has 0 N–H and O–H groups in total. The van der Waals surface area contributed by atoms with Crippen LogP contribution in [0.25, 0.3) is 0 Å². The number of fused-ring (bicyclic) bond motifs is 2. The molecule has 33 heavy (non-hydrogen) atoms. The lowest BCUT2D eigenvalue weighted by atomic mass is 9.80. The first kappa shape index (κ1) is 23.3. The van der Waals surface area contributed by atoms with E-state index >= 15 is 0 Å². The molecule has 2 heterocycles. The molecule has 2 atom stereocenters. The second-order valence-electron chi connectivity index (χ2n) is 8.48. The number of ether oxygens (including phenoxy) is 4. The lowest BCUT2D eigenvalue weighted by Gasteiger charge is -2.39. The summed E-state index contributed by atoms with van der Waals surface area (Å²) in [5, 5.41) is 0. The zero-order valence-electron chi connectivity index (χ0n) is 18.8. The van der Waals surface area contributed by atoms with Gasteiger partial charge in [-0.3, -0.25) is 4.90 Å². The molecule has 174 valence electrons. The molecule has 0 aromatic heterocycles. The maximum absolute atomic E-state index is 6.32. The second kappa shape index (κ2) is 10.8. The van der Waals surface area contributed by atoms with Gasteiger partial charge >= 0.3 is 0 Å². The summed E-state index contributed by atoms with van der Waals surface area (Å²) in [6.07, 6.45) is 1.10. The summed E-state index contributed by atoms with van der Waals surface area (Å²) < 4.78 is 22.7. The van der Waals surface area contributed by atoms with E-state index in [0.29, 0.717) is 18.4 Å². The van der Waals surface area contributed by atoms with Crippen molar-refractivity contribution in [2.45, 2.75) is 18.9 Å². The average molecular weight is 468 g/mol. The van der Waals surface area contributed by atoms with Crippen molar-refractivity contribution in [3.05, 3.63) is 83.9 Å². The number of benzene rings is 3. The molecule has 2 bridgehead atoms. The van der Waals surface area contributed by atoms with Crippen LogP contribution in [0.3, 0.4) is 0 Å². The molecule has 0 aliphatic carbocycles. The van der Waals surface area contributed by atoms with Gasteiger partial charge in [0.2, 0.25) is 6.79 Å². The Labute approximate surface area is 201 Å². The van der Waals surface area contributed by atoms with Crippen molar-refractivity contribution < 1.29 is 18.9 Å². The Bertz CT molecular complexity index is 1030. The van der Waals surface area contributed by atoms with Gasteiger partial charge in [0.25, 0.3) is 0 Å². The molecule has 6 heteroatoms. The van der Waals surface area contributed by atoms with Crippen molar-refractivity contribution in [1.82, 2.24) is 4.90 Å². The van der Waals surface area contributed by atoms with Gasteiger partial charge in [0, 0.05) is 25.1 Å². The van der Waals surface area contributed by atoms with Gasteiger partial charge in [-0.1, -0.05) is 42.5 Å². The SMILES string of the molecule is COc1ccc(C2CCN(Cc3ccccc3)CC2COc2ccc3cc2OCO3)cc1.Cl. The van der Waals surface area contributed by atoms with E-state index in [9.17, 15) is 0 Å². The first-order valence-electron chi connectivity index (χ1n) is 11.2. The van der Waals surface area contributed by atoms with Crippen LogP contribution in [0.1, 0.15) is 23.5 Å². The molecule has 2 aliphatic rings. The van der Waals surface area contributed by atoms with Gasteiger partial charge < -0.3 is 18.9 Å². The van der Waals surface area contributed by atoms with E-state index in [0.717, 1.165) is 49.1 Å². The van der Waals surface area contributed by atoms with Crippen molar-refractivity contribution in [2.24, 2.45) is 5.92 Å². The first-order chi connectivity index (χ1) is 15.8. The molecule has 5 nitrogen and oxygen atoms in total. The topological polar surface area (TPSA) is 40.2 Å². The maximum Gasteiger partial charge on any atom is 0.231 e. The quantitative estimate of drug-likeness (QED) is 0.457. The highest BCUT2D eigenvalue weighted by Gasteiger charge is 2.31. The molecule has 1 saturated heterocycles. The van der Waals surface area contributed by atoms with Crippen molar-refractivity contribution >= 4 is 12.4 Å². The highest BCUT2D eigenvalue weighted by atomic mass is 35.5.